The van der Waals surface area contributed by atoms with Gasteiger partial charge in [-0.2, -0.15) is 0 Å². The summed E-state index contributed by atoms with van der Waals surface area (Å²) in [7, 11) is 0. The second kappa shape index (κ2) is 3.30. The van der Waals surface area contributed by atoms with E-state index in [-0.39, 0.29) is 0 Å². The maximum atomic E-state index is 13.3. The summed E-state index contributed by atoms with van der Waals surface area (Å²) >= 11 is 0. The molecule has 0 radical (unpaired) electrons. The Morgan fingerprint density at radius 1 is 1.46 bits per heavy atom. The van der Waals surface area contributed by atoms with E-state index in [0.29, 0.717) is 11.1 Å². The molecule has 0 amide bonds. The topological polar surface area (TPSA) is 20.2 Å². The van der Waals surface area contributed by atoms with Crippen molar-refractivity contribution in [2.75, 3.05) is 0 Å². The maximum absolute atomic E-state index is 13.3. The van der Waals surface area contributed by atoms with E-state index in [9.17, 15) is 9.50 Å². The Hall–Kier alpha value is -1.15. The van der Waals surface area contributed by atoms with E-state index < -0.39 is 11.4 Å². The van der Waals surface area contributed by atoms with Gasteiger partial charge in [-0.3, -0.25) is 0 Å². The zero-order chi connectivity index (χ0) is 10.1. The molecule has 0 aliphatic heterocycles. The van der Waals surface area contributed by atoms with Gasteiger partial charge in [-0.1, -0.05) is 24.8 Å². The third-order valence-electron chi connectivity index (χ3n) is 1.89. The minimum atomic E-state index is -1.14. The SMILES string of the molecule is C=Cc1ccc(C(C)(C)O)c(F)c1. The normalized spacial score (nSPS) is 11.4. The van der Waals surface area contributed by atoms with Gasteiger partial charge in [-0.25, -0.2) is 4.39 Å². The number of hydrogen-bond donors (Lipinski definition) is 1. The Labute approximate surface area is 77.5 Å². The summed E-state index contributed by atoms with van der Waals surface area (Å²) in [6.07, 6.45) is 1.57. The fourth-order valence-corrected chi connectivity index (χ4v) is 1.15. The van der Waals surface area contributed by atoms with E-state index in [2.05, 4.69) is 6.58 Å². The first-order valence-corrected chi connectivity index (χ1v) is 4.10. The van der Waals surface area contributed by atoms with Crippen LogP contribution in [0.25, 0.3) is 6.08 Å². The smallest absolute Gasteiger partial charge is 0.129 e. The van der Waals surface area contributed by atoms with E-state index in [1.54, 1.807) is 32.1 Å². The molecule has 1 aromatic carbocycles. The summed E-state index contributed by atoms with van der Waals surface area (Å²) in [5.41, 5.74) is -0.118. The maximum Gasteiger partial charge on any atom is 0.129 e. The molecule has 0 aliphatic rings. The molecule has 1 rings (SSSR count). The van der Waals surface area contributed by atoms with Gasteiger partial charge in [0.15, 0.2) is 0 Å². The summed E-state index contributed by atoms with van der Waals surface area (Å²) in [4.78, 5) is 0. The zero-order valence-corrected chi connectivity index (χ0v) is 7.84. The second-order valence-electron chi connectivity index (χ2n) is 3.50. The average Bonchev–Trinajstić information content (AvgIpc) is 2.01. The first kappa shape index (κ1) is 9.93. The van der Waals surface area contributed by atoms with Gasteiger partial charge < -0.3 is 5.11 Å². The van der Waals surface area contributed by atoms with Crippen LogP contribution in [0.4, 0.5) is 4.39 Å². The molecule has 0 spiro atoms. The van der Waals surface area contributed by atoms with Crippen LogP contribution in [0.2, 0.25) is 0 Å². The van der Waals surface area contributed by atoms with E-state index in [1.165, 1.54) is 6.07 Å². The molecule has 0 unspecified atom stereocenters. The van der Waals surface area contributed by atoms with Crippen LogP contribution in [0, 0.1) is 5.82 Å². The lowest BCUT2D eigenvalue weighted by Crippen LogP contribution is -2.17. The summed E-state index contributed by atoms with van der Waals surface area (Å²) in [6, 6.07) is 4.66. The third-order valence-corrected chi connectivity index (χ3v) is 1.89. The van der Waals surface area contributed by atoms with Crippen molar-refractivity contribution in [1.82, 2.24) is 0 Å². The Morgan fingerprint density at radius 2 is 2.08 bits per heavy atom. The van der Waals surface area contributed by atoms with E-state index in [1.807, 2.05) is 0 Å². The predicted molar refractivity (Wildman–Crippen MR) is 51.7 cm³/mol. The molecule has 0 bridgehead atoms. The van der Waals surface area contributed by atoms with E-state index in [4.69, 9.17) is 0 Å². The predicted octanol–water partition coefficient (Wildman–Crippen LogP) is 2.70. The number of hydrogen-bond acceptors (Lipinski definition) is 1. The van der Waals surface area contributed by atoms with Crippen LogP contribution in [-0.2, 0) is 5.60 Å². The number of benzene rings is 1. The van der Waals surface area contributed by atoms with Crippen LogP contribution in [0.5, 0.6) is 0 Å². The average molecular weight is 180 g/mol. The van der Waals surface area contributed by atoms with Crippen molar-refractivity contribution < 1.29 is 9.50 Å². The Balaban J connectivity index is 3.20. The molecule has 0 saturated carbocycles. The number of aliphatic hydroxyl groups is 1. The molecule has 2 heteroatoms. The quantitative estimate of drug-likeness (QED) is 0.741. The molecule has 13 heavy (non-hydrogen) atoms. The van der Waals surface area contributed by atoms with Crippen molar-refractivity contribution in [3.8, 4) is 0 Å². The lowest BCUT2D eigenvalue weighted by molar-refractivity contribution is 0.0745. The van der Waals surface area contributed by atoms with Gasteiger partial charge in [-0.05, 0) is 25.5 Å². The van der Waals surface area contributed by atoms with Crippen LogP contribution in [0.3, 0.4) is 0 Å². The van der Waals surface area contributed by atoms with Crippen molar-refractivity contribution >= 4 is 6.08 Å². The van der Waals surface area contributed by atoms with Gasteiger partial charge in [0.1, 0.15) is 5.82 Å². The molecular weight excluding hydrogens is 167 g/mol. The van der Waals surface area contributed by atoms with Gasteiger partial charge in [0, 0.05) is 5.56 Å². The van der Waals surface area contributed by atoms with Gasteiger partial charge in [0.05, 0.1) is 5.60 Å². The molecular formula is C11H13FO. The molecule has 70 valence electrons. The fourth-order valence-electron chi connectivity index (χ4n) is 1.15. The molecule has 1 N–H and O–H groups in total. The molecule has 0 heterocycles. The summed E-state index contributed by atoms with van der Waals surface area (Å²) in [6.45, 7) is 6.64. The van der Waals surface area contributed by atoms with E-state index in [0.717, 1.165) is 0 Å². The first-order chi connectivity index (χ1) is 5.95. The minimum absolute atomic E-state index is 0.304. The molecule has 0 saturated heterocycles. The standard InChI is InChI=1S/C11H13FO/c1-4-8-5-6-9(10(12)7-8)11(2,3)13/h4-7,13H,1H2,2-3H3. The molecule has 0 atom stereocenters. The largest absolute Gasteiger partial charge is 0.386 e. The summed E-state index contributed by atoms with van der Waals surface area (Å²) in [5, 5.41) is 9.57. The van der Waals surface area contributed by atoms with Crippen molar-refractivity contribution in [1.29, 1.82) is 0 Å². The highest BCUT2D eigenvalue weighted by Gasteiger charge is 2.19. The van der Waals surface area contributed by atoms with E-state index >= 15 is 0 Å². The van der Waals surface area contributed by atoms with Crippen LogP contribution in [0.15, 0.2) is 24.8 Å². The highest BCUT2D eigenvalue weighted by Crippen LogP contribution is 2.23. The fraction of sp³-hybridized carbons (Fsp3) is 0.273. The van der Waals surface area contributed by atoms with Crippen LogP contribution >= 0.6 is 0 Å². The number of halogens is 1. The van der Waals surface area contributed by atoms with Gasteiger partial charge in [0.2, 0.25) is 0 Å². The molecule has 0 aliphatic carbocycles. The first-order valence-electron chi connectivity index (χ1n) is 4.10. The molecule has 0 aromatic heterocycles. The van der Waals surface area contributed by atoms with Gasteiger partial charge in [0.25, 0.3) is 0 Å². The zero-order valence-electron chi connectivity index (χ0n) is 7.84. The summed E-state index contributed by atoms with van der Waals surface area (Å²) < 4.78 is 13.3. The van der Waals surface area contributed by atoms with Gasteiger partial charge >= 0.3 is 0 Å². The lowest BCUT2D eigenvalue weighted by atomic mass is 9.96. The third kappa shape index (κ3) is 2.16. The molecule has 0 fully saturated rings. The van der Waals surface area contributed by atoms with Crippen LogP contribution < -0.4 is 0 Å². The molecule has 1 aromatic rings. The second-order valence-corrected chi connectivity index (χ2v) is 3.50. The van der Waals surface area contributed by atoms with Crippen LogP contribution in [-0.4, -0.2) is 5.11 Å². The van der Waals surface area contributed by atoms with Crippen molar-refractivity contribution in [3.05, 3.63) is 41.7 Å². The minimum Gasteiger partial charge on any atom is -0.386 e. The summed E-state index contributed by atoms with van der Waals surface area (Å²) in [5.74, 6) is -0.398. The number of rotatable bonds is 2. The van der Waals surface area contributed by atoms with Crippen molar-refractivity contribution in [2.24, 2.45) is 0 Å². The van der Waals surface area contributed by atoms with Crippen LogP contribution in [0.1, 0.15) is 25.0 Å². The van der Waals surface area contributed by atoms with Crippen molar-refractivity contribution in [3.63, 3.8) is 0 Å². The van der Waals surface area contributed by atoms with Crippen molar-refractivity contribution in [2.45, 2.75) is 19.4 Å². The Morgan fingerprint density at radius 3 is 2.46 bits per heavy atom. The molecule has 1 nitrogen and oxygen atoms in total. The monoisotopic (exact) mass is 180 g/mol. The Bertz CT molecular complexity index is 323. The lowest BCUT2D eigenvalue weighted by Gasteiger charge is -2.18. The highest BCUT2D eigenvalue weighted by atomic mass is 19.1. The highest BCUT2D eigenvalue weighted by molar-refractivity contribution is 5.48. The van der Waals surface area contributed by atoms with Gasteiger partial charge in [-0.15, -0.1) is 0 Å². The Kier molecular flexibility index (Phi) is 2.52.